The van der Waals surface area contributed by atoms with Gasteiger partial charge in [0.2, 0.25) is 5.91 Å². The summed E-state index contributed by atoms with van der Waals surface area (Å²) in [5, 5.41) is 5.42. The molecule has 7 nitrogen and oxygen atoms in total. The van der Waals surface area contributed by atoms with Crippen LogP contribution in [0.2, 0.25) is 0 Å². The fraction of sp³-hybridized carbons (Fsp3) is 0.200. The quantitative estimate of drug-likeness (QED) is 0.522. The number of carbonyl (C=O) groups is 2. The lowest BCUT2D eigenvalue weighted by Crippen LogP contribution is -2.38. The molecular formula is C20H20N4O3S. The third-order valence-electron chi connectivity index (χ3n) is 4.31. The van der Waals surface area contributed by atoms with Crippen molar-refractivity contribution < 1.29 is 9.59 Å². The summed E-state index contributed by atoms with van der Waals surface area (Å²) in [6.45, 7) is 3.97. The Balaban J connectivity index is 2.07. The molecule has 0 spiro atoms. The maximum Gasteiger partial charge on any atom is 0.321 e. The predicted octanol–water partition coefficient (Wildman–Crippen LogP) is 2.55. The van der Waals surface area contributed by atoms with Crippen LogP contribution in [0, 0.1) is 13.8 Å². The van der Waals surface area contributed by atoms with E-state index in [9.17, 15) is 14.4 Å². The van der Waals surface area contributed by atoms with Crippen LogP contribution < -0.4 is 16.2 Å². The lowest BCUT2D eigenvalue weighted by molar-refractivity contribution is -0.117. The van der Waals surface area contributed by atoms with Gasteiger partial charge in [-0.15, -0.1) is 0 Å². The normalized spacial score (nSPS) is 10.7. The largest absolute Gasteiger partial charge is 0.341 e. The number of fused-ring (bicyclic) bond motifs is 1. The van der Waals surface area contributed by atoms with Gasteiger partial charge < -0.3 is 5.32 Å². The number of urea groups is 1. The van der Waals surface area contributed by atoms with Crippen molar-refractivity contribution in [1.82, 2.24) is 20.2 Å². The Morgan fingerprint density at radius 2 is 1.86 bits per heavy atom. The van der Waals surface area contributed by atoms with Gasteiger partial charge in [0.15, 0.2) is 5.16 Å². The average Bonchev–Trinajstić information content (AvgIpc) is 2.68. The summed E-state index contributed by atoms with van der Waals surface area (Å²) in [6.07, 6.45) is 0. The molecule has 1 aromatic heterocycles. The standard InChI is InChI=1S/C20H20N4O3S/c1-12-8-9-14(10-13(12)2)24-18(26)15-6-4-5-7-16(15)22-20(24)28-11-17(25)23-19(27)21-3/h4-10H,11H2,1-3H3,(H2,21,23,25,27). The second-order valence-electron chi connectivity index (χ2n) is 6.24. The summed E-state index contributed by atoms with van der Waals surface area (Å²) in [7, 11) is 1.43. The van der Waals surface area contributed by atoms with Crippen LogP contribution >= 0.6 is 11.8 Å². The molecule has 3 aromatic rings. The predicted molar refractivity (Wildman–Crippen MR) is 110 cm³/mol. The van der Waals surface area contributed by atoms with Crippen molar-refractivity contribution in [2.24, 2.45) is 0 Å². The first-order valence-electron chi connectivity index (χ1n) is 8.64. The highest BCUT2D eigenvalue weighted by Gasteiger charge is 2.16. The van der Waals surface area contributed by atoms with Crippen molar-refractivity contribution in [1.29, 1.82) is 0 Å². The first-order valence-corrected chi connectivity index (χ1v) is 9.63. The maximum absolute atomic E-state index is 13.2. The average molecular weight is 396 g/mol. The third-order valence-corrected chi connectivity index (χ3v) is 5.24. The molecule has 1 heterocycles. The number of hydrogen-bond acceptors (Lipinski definition) is 5. The number of rotatable bonds is 4. The summed E-state index contributed by atoms with van der Waals surface area (Å²) in [5.74, 6) is -0.526. The number of para-hydroxylation sites is 1. The Morgan fingerprint density at radius 3 is 2.57 bits per heavy atom. The number of amides is 3. The number of nitrogens with zero attached hydrogens (tertiary/aromatic N) is 2. The van der Waals surface area contributed by atoms with Gasteiger partial charge in [-0.1, -0.05) is 30.0 Å². The lowest BCUT2D eigenvalue weighted by Gasteiger charge is -2.14. The van der Waals surface area contributed by atoms with Crippen LogP contribution in [-0.2, 0) is 4.79 Å². The van der Waals surface area contributed by atoms with Crippen LogP contribution in [-0.4, -0.2) is 34.3 Å². The zero-order valence-electron chi connectivity index (χ0n) is 15.8. The highest BCUT2D eigenvalue weighted by molar-refractivity contribution is 7.99. The van der Waals surface area contributed by atoms with E-state index < -0.39 is 11.9 Å². The van der Waals surface area contributed by atoms with Crippen LogP contribution in [0.4, 0.5) is 4.79 Å². The molecule has 2 aromatic carbocycles. The number of carbonyl (C=O) groups excluding carboxylic acids is 2. The van der Waals surface area contributed by atoms with E-state index in [1.807, 2.05) is 38.1 Å². The first-order chi connectivity index (χ1) is 13.4. The van der Waals surface area contributed by atoms with Gasteiger partial charge in [0.1, 0.15) is 0 Å². The molecule has 0 fully saturated rings. The molecule has 0 aliphatic heterocycles. The minimum atomic E-state index is -0.580. The van der Waals surface area contributed by atoms with Crippen LogP contribution in [0.5, 0.6) is 0 Å². The number of imide groups is 1. The topological polar surface area (TPSA) is 93.1 Å². The SMILES string of the molecule is CNC(=O)NC(=O)CSc1nc2ccccc2c(=O)n1-c1ccc(C)c(C)c1. The van der Waals surface area contributed by atoms with Gasteiger partial charge in [-0.05, 0) is 49.2 Å². The summed E-state index contributed by atoms with van der Waals surface area (Å²) in [5.41, 5.74) is 3.20. The van der Waals surface area contributed by atoms with Crippen molar-refractivity contribution in [2.45, 2.75) is 19.0 Å². The summed E-state index contributed by atoms with van der Waals surface area (Å²) >= 11 is 1.10. The molecule has 0 bridgehead atoms. The molecule has 0 aliphatic carbocycles. The van der Waals surface area contributed by atoms with Crippen LogP contribution in [0.1, 0.15) is 11.1 Å². The van der Waals surface area contributed by atoms with Crippen LogP contribution in [0.25, 0.3) is 16.6 Å². The van der Waals surface area contributed by atoms with Crippen molar-refractivity contribution in [3.63, 3.8) is 0 Å². The van der Waals surface area contributed by atoms with Gasteiger partial charge in [0.25, 0.3) is 5.56 Å². The Kier molecular flexibility index (Phi) is 5.79. The van der Waals surface area contributed by atoms with E-state index in [1.165, 1.54) is 11.6 Å². The van der Waals surface area contributed by atoms with Gasteiger partial charge >= 0.3 is 6.03 Å². The number of nitrogens with one attached hydrogen (secondary N) is 2. The molecule has 0 saturated heterocycles. The van der Waals surface area contributed by atoms with Crippen molar-refractivity contribution >= 4 is 34.6 Å². The van der Waals surface area contributed by atoms with Crippen LogP contribution in [0.15, 0.2) is 52.4 Å². The molecule has 0 radical (unpaired) electrons. The molecule has 0 aliphatic rings. The zero-order chi connectivity index (χ0) is 20.3. The fourth-order valence-corrected chi connectivity index (χ4v) is 3.47. The van der Waals surface area contributed by atoms with E-state index >= 15 is 0 Å². The fourth-order valence-electron chi connectivity index (χ4n) is 2.66. The zero-order valence-corrected chi connectivity index (χ0v) is 16.6. The molecule has 3 rings (SSSR count). The van der Waals surface area contributed by atoms with E-state index in [1.54, 1.807) is 18.2 Å². The number of hydrogen-bond donors (Lipinski definition) is 2. The maximum atomic E-state index is 13.2. The highest BCUT2D eigenvalue weighted by atomic mass is 32.2. The van der Waals surface area contributed by atoms with E-state index in [4.69, 9.17) is 0 Å². The highest BCUT2D eigenvalue weighted by Crippen LogP contribution is 2.22. The van der Waals surface area contributed by atoms with E-state index in [-0.39, 0.29) is 11.3 Å². The molecule has 8 heteroatoms. The van der Waals surface area contributed by atoms with E-state index in [2.05, 4.69) is 15.6 Å². The summed E-state index contributed by atoms with van der Waals surface area (Å²) in [4.78, 5) is 41.0. The van der Waals surface area contributed by atoms with Crippen LogP contribution in [0.3, 0.4) is 0 Å². The second kappa shape index (κ2) is 8.26. The van der Waals surface area contributed by atoms with Crippen molar-refractivity contribution in [2.75, 3.05) is 12.8 Å². The molecule has 28 heavy (non-hydrogen) atoms. The van der Waals surface area contributed by atoms with Crippen molar-refractivity contribution in [3.05, 3.63) is 63.9 Å². The first kappa shape index (κ1) is 19.6. The van der Waals surface area contributed by atoms with Gasteiger partial charge in [0, 0.05) is 7.05 Å². The smallest absolute Gasteiger partial charge is 0.321 e. The summed E-state index contributed by atoms with van der Waals surface area (Å²) in [6, 6.07) is 12.2. The summed E-state index contributed by atoms with van der Waals surface area (Å²) < 4.78 is 1.51. The van der Waals surface area contributed by atoms with Gasteiger partial charge in [-0.2, -0.15) is 0 Å². The van der Waals surface area contributed by atoms with Crippen molar-refractivity contribution in [3.8, 4) is 5.69 Å². The van der Waals surface area contributed by atoms with E-state index in [0.717, 1.165) is 22.9 Å². The lowest BCUT2D eigenvalue weighted by atomic mass is 10.1. The third kappa shape index (κ3) is 4.07. The van der Waals surface area contributed by atoms with E-state index in [0.29, 0.717) is 21.7 Å². The number of thioether (sulfide) groups is 1. The second-order valence-corrected chi connectivity index (χ2v) is 7.18. The molecular weight excluding hydrogens is 376 g/mol. The Labute approximate surface area is 166 Å². The minimum Gasteiger partial charge on any atom is -0.341 e. The number of aromatic nitrogens is 2. The molecule has 0 saturated carbocycles. The molecule has 2 N–H and O–H groups in total. The Morgan fingerprint density at radius 1 is 1.11 bits per heavy atom. The Hall–Kier alpha value is -3.13. The monoisotopic (exact) mass is 396 g/mol. The minimum absolute atomic E-state index is 0.0525. The molecule has 0 unspecified atom stereocenters. The molecule has 144 valence electrons. The van der Waals surface area contributed by atoms with Gasteiger partial charge in [-0.3, -0.25) is 19.5 Å². The number of benzene rings is 2. The van der Waals surface area contributed by atoms with Gasteiger partial charge in [0.05, 0.1) is 22.3 Å². The molecule has 0 atom stereocenters. The Bertz CT molecular complexity index is 1120. The van der Waals surface area contributed by atoms with Gasteiger partial charge in [-0.25, -0.2) is 9.78 Å². The molecule has 3 amide bonds. The number of aryl methyl sites for hydroxylation is 2.